The van der Waals surface area contributed by atoms with E-state index in [0.29, 0.717) is 23.9 Å². The Kier molecular flexibility index (Phi) is 14.1. The molecule has 8 heteroatoms. The third-order valence-electron chi connectivity index (χ3n) is 7.84. The minimum atomic E-state index is -1.66. The van der Waals surface area contributed by atoms with Crippen molar-refractivity contribution in [2.45, 2.75) is 97.1 Å². The summed E-state index contributed by atoms with van der Waals surface area (Å²) in [5.41, 5.74) is 2.05. The summed E-state index contributed by atoms with van der Waals surface area (Å²) in [6, 6.07) is 16.4. The number of likely N-dealkylation sites (tertiary alicyclic amines) is 1. The van der Waals surface area contributed by atoms with Gasteiger partial charge in [0.15, 0.2) is 6.10 Å². The van der Waals surface area contributed by atoms with Crippen molar-refractivity contribution in [3.8, 4) is 0 Å². The molecule has 1 aliphatic carbocycles. The molecule has 2 amide bonds. The number of carbonyl (C=O) groups is 2. The Labute approximate surface area is 245 Å². The summed E-state index contributed by atoms with van der Waals surface area (Å²) in [6.07, 6.45) is 3.87. The fourth-order valence-electron chi connectivity index (χ4n) is 5.64. The second-order valence-corrected chi connectivity index (χ2v) is 11.3. The lowest BCUT2D eigenvalue weighted by atomic mass is 9.96. The van der Waals surface area contributed by atoms with Gasteiger partial charge in [0.05, 0.1) is 6.04 Å². The predicted molar refractivity (Wildman–Crippen MR) is 162 cm³/mol. The smallest absolute Gasteiger partial charge is 0.251 e. The van der Waals surface area contributed by atoms with Crippen LogP contribution in [-0.2, 0) is 22.6 Å². The van der Waals surface area contributed by atoms with Gasteiger partial charge in [-0.3, -0.25) is 14.5 Å². The second kappa shape index (κ2) is 16.7. The van der Waals surface area contributed by atoms with Gasteiger partial charge in [-0.25, -0.2) is 0 Å². The minimum absolute atomic E-state index is 0. The lowest BCUT2D eigenvalue weighted by molar-refractivity contribution is -0.138. The second-order valence-electron chi connectivity index (χ2n) is 10.8. The molecule has 1 heterocycles. The van der Waals surface area contributed by atoms with E-state index in [4.69, 9.17) is 11.6 Å². The molecule has 2 aliphatic rings. The maximum atomic E-state index is 12.9. The Morgan fingerprint density at radius 2 is 1.62 bits per heavy atom. The van der Waals surface area contributed by atoms with Crippen LogP contribution in [0.25, 0.3) is 0 Å². The van der Waals surface area contributed by atoms with Gasteiger partial charge in [0.2, 0.25) is 5.91 Å². The average Bonchev–Trinajstić information content (AvgIpc) is 3.60. The lowest BCUT2D eigenvalue weighted by Gasteiger charge is -2.28. The van der Waals surface area contributed by atoms with Crippen molar-refractivity contribution in [3.05, 3.63) is 70.7 Å². The number of carbonyl (C=O) groups excluding carboxylic acids is 2. The van der Waals surface area contributed by atoms with Crippen LogP contribution >= 0.6 is 11.6 Å². The highest BCUT2D eigenvalue weighted by Crippen LogP contribution is 2.28. The average molecular weight is 574 g/mol. The molecule has 40 heavy (non-hydrogen) atoms. The van der Waals surface area contributed by atoms with Crippen LogP contribution in [0.15, 0.2) is 54.6 Å². The number of rotatable bonds is 12. The summed E-state index contributed by atoms with van der Waals surface area (Å²) < 4.78 is 0. The van der Waals surface area contributed by atoms with Gasteiger partial charge in [-0.1, -0.05) is 94.6 Å². The van der Waals surface area contributed by atoms with E-state index < -0.39 is 24.2 Å². The zero-order valence-electron chi connectivity index (χ0n) is 21.9. The molecule has 4 unspecified atom stereocenters. The first-order valence-electron chi connectivity index (χ1n) is 13.8. The standard InChI is InChI=1S/C30H40ClN3O4.2CH4/c31-24-13-10-22(11-14-24)18-26(33-27(35)15-12-21-6-4-5-7-21)28(36)29(37)30(38)32-25-16-17-34(20-25)19-23-8-2-1-3-9-23;;/h1-3,8-11,13-14,21,25-26,28-29,36-37H,4-7,12,15-20H2,(H,32,38)(H,33,35);2*1H4. The third-order valence-corrected chi connectivity index (χ3v) is 8.09. The fraction of sp³-hybridized carbons (Fsp3) is 0.562. The van der Waals surface area contributed by atoms with E-state index in [1.807, 2.05) is 30.3 Å². The van der Waals surface area contributed by atoms with E-state index in [9.17, 15) is 19.8 Å². The minimum Gasteiger partial charge on any atom is -0.388 e. The van der Waals surface area contributed by atoms with Crippen LogP contribution in [0.1, 0.15) is 70.9 Å². The van der Waals surface area contributed by atoms with Crippen LogP contribution in [0.2, 0.25) is 5.02 Å². The molecular formula is C32H48ClN3O4. The highest BCUT2D eigenvalue weighted by Gasteiger charge is 2.34. The molecule has 1 saturated carbocycles. The zero-order valence-corrected chi connectivity index (χ0v) is 22.7. The van der Waals surface area contributed by atoms with E-state index in [1.54, 1.807) is 12.1 Å². The number of hydrogen-bond acceptors (Lipinski definition) is 5. The topological polar surface area (TPSA) is 102 Å². The molecule has 2 aromatic carbocycles. The van der Waals surface area contributed by atoms with Gasteiger partial charge in [-0.05, 0) is 48.4 Å². The SMILES string of the molecule is C.C.O=C(CCC1CCCC1)NC(Cc1ccc(Cl)cc1)C(O)C(O)C(=O)NC1CCN(Cc2ccccc2)C1. The first kappa shape index (κ1) is 33.8. The first-order chi connectivity index (χ1) is 18.4. The molecule has 2 fully saturated rings. The fourth-order valence-corrected chi connectivity index (χ4v) is 5.77. The van der Waals surface area contributed by atoms with Gasteiger partial charge in [0.25, 0.3) is 5.91 Å². The summed E-state index contributed by atoms with van der Waals surface area (Å²) in [4.78, 5) is 28.0. The molecule has 2 aromatic rings. The molecule has 1 saturated heterocycles. The van der Waals surface area contributed by atoms with Gasteiger partial charge < -0.3 is 20.8 Å². The molecule has 0 spiro atoms. The van der Waals surface area contributed by atoms with Crippen molar-refractivity contribution >= 4 is 23.4 Å². The molecule has 222 valence electrons. The Hall–Kier alpha value is -2.45. The number of halogens is 1. The molecular weight excluding hydrogens is 526 g/mol. The number of aliphatic hydroxyl groups is 2. The quantitative estimate of drug-likeness (QED) is 0.294. The maximum Gasteiger partial charge on any atom is 0.251 e. The summed E-state index contributed by atoms with van der Waals surface area (Å²) in [6.45, 7) is 2.32. The molecule has 4 atom stereocenters. The normalized spacial score (nSPS) is 19.6. The Bertz CT molecular complexity index is 1030. The van der Waals surface area contributed by atoms with E-state index >= 15 is 0 Å². The number of hydrogen-bond donors (Lipinski definition) is 4. The summed E-state index contributed by atoms with van der Waals surface area (Å²) >= 11 is 6.01. The number of benzene rings is 2. The van der Waals surface area contributed by atoms with Crippen molar-refractivity contribution in [3.63, 3.8) is 0 Å². The van der Waals surface area contributed by atoms with Gasteiger partial charge in [-0.2, -0.15) is 0 Å². The van der Waals surface area contributed by atoms with Crippen LogP contribution in [0.4, 0.5) is 0 Å². The van der Waals surface area contributed by atoms with Crippen molar-refractivity contribution in [2.75, 3.05) is 13.1 Å². The van der Waals surface area contributed by atoms with Crippen LogP contribution < -0.4 is 10.6 Å². The summed E-state index contributed by atoms with van der Waals surface area (Å²) in [5.74, 6) is -0.218. The van der Waals surface area contributed by atoms with E-state index in [2.05, 4.69) is 27.7 Å². The number of amides is 2. The molecule has 0 aromatic heterocycles. The van der Waals surface area contributed by atoms with Crippen molar-refractivity contribution in [2.24, 2.45) is 5.92 Å². The van der Waals surface area contributed by atoms with E-state index in [-0.39, 0.29) is 33.2 Å². The van der Waals surface area contributed by atoms with E-state index in [0.717, 1.165) is 44.3 Å². The van der Waals surface area contributed by atoms with Crippen LogP contribution in [0.3, 0.4) is 0 Å². The maximum absolute atomic E-state index is 12.9. The van der Waals surface area contributed by atoms with Gasteiger partial charge in [0, 0.05) is 37.1 Å². The molecule has 0 bridgehead atoms. The predicted octanol–water partition coefficient (Wildman–Crippen LogP) is 4.72. The largest absolute Gasteiger partial charge is 0.388 e. The highest BCUT2D eigenvalue weighted by molar-refractivity contribution is 6.30. The van der Waals surface area contributed by atoms with Crippen LogP contribution in [0, 0.1) is 5.92 Å². The zero-order chi connectivity index (χ0) is 26.9. The molecule has 0 radical (unpaired) electrons. The number of aliphatic hydroxyl groups excluding tert-OH is 2. The first-order valence-corrected chi connectivity index (χ1v) is 14.2. The highest BCUT2D eigenvalue weighted by atomic mass is 35.5. The molecule has 4 rings (SSSR count). The van der Waals surface area contributed by atoms with E-state index in [1.165, 1.54) is 18.4 Å². The Balaban J connectivity index is 0.00000280. The van der Waals surface area contributed by atoms with Gasteiger partial charge >= 0.3 is 0 Å². The van der Waals surface area contributed by atoms with Crippen molar-refractivity contribution < 1.29 is 19.8 Å². The van der Waals surface area contributed by atoms with Gasteiger partial charge in [0.1, 0.15) is 6.10 Å². The third kappa shape index (κ3) is 10.2. The number of nitrogens with one attached hydrogen (secondary N) is 2. The molecule has 7 nitrogen and oxygen atoms in total. The molecule has 4 N–H and O–H groups in total. The Morgan fingerprint density at radius 1 is 0.950 bits per heavy atom. The van der Waals surface area contributed by atoms with Gasteiger partial charge in [-0.15, -0.1) is 0 Å². The summed E-state index contributed by atoms with van der Waals surface area (Å²) in [5, 5.41) is 28.2. The monoisotopic (exact) mass is 573 g/mol. The van der Waals surface area contributed by atoms with Crippen molar-refractivity contribution in [1.29, 1.82) is 0 Å². The molecule has 1 aliphatic heterocycles. The van der Waals surface area contributed by atoms with Crippen LogP contribution in [-0.4, -0.2) is 64.3 Å². The number of nitrogens with zero attached hydrogens (tertiary/aromatic N) is 1. The summed E-state index contributed by atoms with van der Waals surface area (Å²) in [7, 11) is 0. The lowest BCUT2D eigenvalue weighted by Crippen LogP contribution is -2.55. The van der Waals surface area contributed by atoms with Crippen molar-refractivity contribution in [1.82, 2.24) is 15.5 Å². The Morgan fingerprint density at radius 3 is 2.30 bits per heavy atom. The van der Waals surface area contributed by atoms with Crippen LogP contribution in [0.5, 0.6) is 0 Å².